The molecular weight excluding hydrogens is 780 g/mol. The number of rotatable bonds is 10. The molecule has 2 aromatic heterocycles. The molecule has 60 heavy (non-hydrogen) atoms. The number of piperazine rings is 1. The number of hydrogen-bond acceptors (Lipinski definition) is 8. The number of imidazole rings is 1. The Morgan fingerprint density at radius 2 is 1.62 bits per heavy atom. The van der Waals surface area contributed by atoms with Crippen molar-refractivity contribution < 1.29 is 23.9 Å². The number of H-pyrrole nitrogens is 1. The second-order valence-corrected chi connectivity index (χ2v) is 18.5. The number of aromatic amines is 1. The summed E-state index contributed by atoms with van der Waals surface area (Å²) in [7, 11) is 1.29. The highest BCUT2D eigenvalue weighted by Gasteiger charge is 2.53. The van der Waals surface area contributed by atoms with Crippen molar-refractivity contribution >= 4 is 46.9 Å². The number of anilines is 2. The summed E-state index contributed by atoms with van der Waals surface area (Å²) < 4.78 is 4.78. The van der Waals surface area contributed by atoms with E-state index in [2.05, 4.69) is 60.1 Å². The normalized spacial score (nSPS) is 22.7. The third-order valence-electron chi connectivity index (χ3n) is 12.5. The molecule has 13 nitrogen and oxygen atoms in total. The third-order valence-corrected chi connectivity index (χ3v) is 12.9. The molecule has 7 rings (SSSR count). The number of halogens is 1. The largest absolute Gasteiger partial charge is 0.453 e. The number of alkyl carbamates (subject to hydrolysis) is 1. The van der Waals surface area contributed by atoms with Gasteiger partial charge in [-0.25, -0.2) is 14.8 Å². The number of aryl methyl sites for hydroxylation is 1. The first kappa shape index (κ1) is 42.7. The zero-order valence-corrected chi connectivity index (χ0v) is 36.8. The molecule has 3 fully saturated rings. The van der Waals surface area contributed by atoms with E-state index in [0.29, 0.717) is 41.7 Å². The van der Waals surface area contributed by atoms with Gasteiger partial charge in [0.1, 0.15) is 17.7 Å². The van der Waals surface area contributed by atoms with Crippen molar-refractivity contribution in [1.82, 2.24) is 30.1 Å². The summed E-state index contributed by atoms with van der Waals surface area (Å²) in [5, 5.41) is 6.08. The molecule has 3 aliphatic rings. The maximum atomic E-state index is 13.7. The highest BCUT2D eigenvalue weighted by atomic mass is 35.5. The number of likely N-dealkylation sites (tertiary alicyclic amines) is 1. The predicted octanol–water partition coefficient (Wildman–Crippen LogP) is 8.11. The van der Waals surface area contributed by atoms with E-state index in [1.54, 1.807) is 18.5 Å². The maximum absolute atomic E-state index is 13.7. The number of ether oxygens (including phenoxy) is 1. The molecule has 0 unspecified atom stereocenters. The quantitative estimate of drug-likeness (QED) is 0.145. The fourth-order valence-electron chi connectivity index (χ4n) is 8.72. The third kappa shape index (κ3) is 8.73. The van der Waals surface area contributed by atoms with Crippen molar-refractivity contribution in [3.63, 3.8) is 0 Å². The van der Waals surface area contributed by atoms with Crippen LogP contribution in [0.15, 0.2) is 60.9 Å². The second-order valence-electron chi connectivity index (χ2n) is 18.1. The number of hydrogen-bond donors (Lipinski definition) is 3. The summed E-state index contributed by atoms with van der Waals surface area (Å²) in [6.07, 6.45) is 4.44. The average molecular weight is 837 g/mol. The number of aromatic nitrogens is 3. The SMILES string of the molecule is COC(=O)N[C@H](C(=O)N1C[C@@H](C)C[C@H]1c1ncc(-c2ccc(-c3cc(Cl)c(NC(=O)c4ccc(N5C[C@H](C)N(C(=O)[C@H]6CC6(C)C)C[C@H]5C)nc4)cc3C)cc2)[nH]1)C(C)C. The summed E-state index contributed by atoms with van der Waals surface area (Å²) in [6.45, 7) is 18.3. The van der Waals surface area contributed by atoms with Crippen LogP contribution in [0.4, 0.5) is 16.3 Å². The Morgan fingerprint density at radius 1 is 0.917 bits per heavy atom. The van der Waals surface area contributed by atoms with Gasteiger partial charge in [0.2, 0.25) is 11.8 Å². The van der Waals surface area contributed by atoms with Crippen molar-refractivity contribution in [3.05, 3.63) is 82.9 Å². The molecule has 3 N–H and O–H groups in total. The number of nitrogens with zero attached hydrogens (tertiary/aromatic N) is 5. The van der Waals surface area contributed by atoms with Crippen LogP contribution in [0, 0.1) is 30.1 Å². The molecule has 4 aromatic rings. The van der Waals surface area contributed by atoms with E-state index in [9.17, 15) is 19.2 Å². The van der Waals surface area contributed by atoms with Crippen LogP contribution in [0.25, 0.3) is 22.4 Å². The van der Waals surface area contributed by atoms with Gasteiger partial charge in [0.05, 0.1) is 41.3 Å². The summed E-state index contributed by atoms with van der Waals surface area (Å²) >= 11 is 6.78. The van der Waals surface area contributed by atoms with Gasteiger partial charge in [-0.1, -0.05) is 70.5 Å². The van der Waals surface area contributed by atoms with Crippen LogP contribution in [-0.4, -0.2) is 93.4 Å². The monoisotopic (exact) mass is 836 g/mol. The molecule has 1 aliphatic carbocycles. The average Bonchev–Trinajstić information content (AvgIpc) is 3.50. The number of carbonyl (C=O) groups is 4. The van der Waals surface area contributed by atoms with Crippen LogP contribution in [0.5, 0.6) is 0 Å². The first-order chi connectivity index (χ1) is 28.4. The van der Waals surface area contributed by atoms with E-state index in [1.807, 2.05) is 73.0 Å². The first-order valence-electron chi connectivity index (χ1n) is 20.9. The maximum Gasteiger partial charge on any atom is 0.407 e. The van der Waals surface area contributed by atoms with Crippen LogP contribution in [-0.2, 0) is 14.3 Å². The zero-order chi connectivity index (χ0) is 43.2. The van der Waals surface area contributed by atoms with Crippen LogP contribution < -0.4 is 15.5 Å². The molecule has 14 heteroatoms. The lowest BCUT2D eigenvalue weighted by molar-refractivity contribution is -0.136. The summed E-state index contributed by atoms with van der Waals surface area (Å²) in [5.74, 6) is 1.51. The Hall–Kier alpha value is -5.43. The van der Waals surface area contributed by atoms with E-state index in [0.717, 1.165) is 46.6 Å². The Labute approximate surface area is 357 Å². The molecular formula is C46H57ClN8O5. The number of carbonyl (C=O) groups excluding carboxylic acids is 4. The van der Waals surface area contributed by atoms with Crippen molar-refractivity contribution in [3.8, 4) is 22.4 Å². The van der Waals surface area contributed by atoms with Gasteiger partial charge >= 0.3 is 6.09 Å². The summed E-state index contributed by atoms with van der Waals surface area (Å²) in [5.41, 5.74) is 5.59. The van der Waals surface area contributed by atoms with Gasteiger partial charge in [-0.2, -0.15) is 0 Å². The number of benzene rings is 2. The lowest BCUT2D eigenvalue weighted by Crippen LogP contribution is -2.59. The minimum Gasteiger partial charge on any atom is -0.453 e. The van der Waals surface area contributed by atoms with Crippen molar-refractivity contribution in [2.75, 3.05) is 37.0 Å². The van der Waals surface area contributed by atoms with Gasteiger partial charge in [0, 0.05) is 43.8 Å². The highest BCUT2D eigenvalue weighted by Crippen LogP contribution is 2.53. The van der Waals surface area contributed by atoms with E-state index < -0.39 is 12.1 Å². The van der Waals surface area contributed by atoms with Crippen LogP contribution in [0.2, 0.25) is 5.02 Å². The summed E-state index contributed by atoms with van der Waals surface area (Å²) in [6, 6.07) is 14.6. The lowest BCUT2D eigenvalue weighted by atomic mass is 9.98. The Morgan fingerprint density at radius 3 is 2.25 bits per heavy atom. The first-order valence-corrected chi connectivity index (χ1v) is 21.3. The molecule has 4 amide bonds. The molecule has 0 radical (unpaired) electrons. The van der Waals surface area contributed by atoms with Crippen LogP contribution in [0.1, 0.15) is 89.1 Å². The van der Waals surface area contributed by atoms with Crippen molar-refractivity contribution in [1.29, 1.82) is 0 Å². The topological polar surface area (TPSA) is 153 Å². The highest BCUT2D eigenvalue weighted by molar-refractivity contribution is 6.34. The molecule has 1 saturated carbocycles. The van der Waals surface area contributed by atoms with Gasteiger partial charge in [-0.15, -0.1) is 0 Å². The van der Waals surface area contributed by atoms with Crippen LogP contribution in [0.3, 0.4) is 0 Å². The molecule has 2 aliphatic heterocycles. The predicted molar refractivity (Wildman–Crippen MR) is 234 cm³/mol. The van der Waals surface area contributed by atoms with Crippen LogP contribution >= 0.6 is 11.6 Å². The minimum absolute atomic E-state index is 0.0615. The fraction of sp³-hybridized carbons (Fsp3) is 0.478. The van der Waals surface area contributed by atoms with Crippen molar-refractivity contribution in [2.45, 2.75) is 92.4 Å². The number of amides is 4. The standard InChI is InChI=1S/C46H57ClN8O5/c1-25(2)40(52-45(59)60-9)44(58)55-22-26(3)16-38(55)41-49-21-37(50-41)31-12-10-30(11-13-31)33-18-35(47)36(17-27(33)4)51-42(56)32-14-15-39(48-20-32)53-23-29(6)54(24-28(53)5)43(57)34-19-46(34,7)8/h10-15,17-18,20-21,25-26,28-29,34,38,40H,16,19,22-24H2,1-9H3,(H,49,50)(H,51,56)(H,52,59)/t26-,28+,29-,34+,38-,40-/m0/s1. The zero-order valence-electron chi connectivity index (χ0n) is 36.0. The number of methoxy groups -OCH3 is 1. The Bertz CT molecular complexity index is 2260. The molecule has 0 bridgehead atoms. The molecule has 2 saturated heterocycles. The number of pyridine rings is 1. The van der Waals surface area contributed by atoms with Gasteiger partial charge < -0.3 is 35.1 Å². The summed E-state index contributed by atoms with van der Waals surface area (Å²) in [4.78, 5) is 71.2. The lowest BCUT2D eigenvalue weighted by Gasteiger charge is -2.45. The molecule has 4 heterocycles. The number of nitrogens with one attached hydrogen (secondary N) is 3. The van der Waals surface area contributed by atoms with E-state index in [1.165, 1.54) is 7.11 Å². The van der Waals surface area contributed by atoms with Gasteiger partial charge in [-0.3, -0.25) is 14.4 Å². The smallest absolute Gasteiger partial charge is 0.407 e. The second kappa shape index (κ2) is 16.9. The van der Waals surface area contributed by atoms with Gasteiger partial charge in [0.25, 0.3) is 5.91 Å². The fourth-order valence-corrected chi connectivity index (χ4v) is 8.93. The molecule has 6 atom stereocenters. The van der Waals surface area contributed by atoms with E-state index in [-0.39, 0.29) is 59.0 Å². The molecule has 0 spiro atoms. The van der Waals surface area contributed by atoms with Crippen molar-refractivity contribution in [2.24, 2.45) is 23.2 Å². The minimum atomic E-state index is -0.713. The van der Waals surface area contributed by atoms with Gasteiger partial charge in [0.15, 0.2) is 0 Å². The Balaban J connectivity index is 0.985. The van der Waals surface area contributed by atoms with Gasteiger partial charge in [-0.05, 0) is 97.4 Å². The molecule has 318 valence electrons. The van der Waals surface area contributed by atoms with E-state index in [4.69, 9.17) is 21.3 Å². The molecule has 2 aromatic carbocycles. The Kier molecular flexibility index (Phi) is 12.0. The van der Waals surface area contributed by atoms with E-state index >= 15 is 0 Å².